The summed E-state index contributed by atoms with van der Waals surface area (Å²) in [6.07, 6.45) is 0. The van der Waals surface area contributed by atoms with Crippen molar-refractivity contribution in [2.75, 3.05) is 13.2 Å². The molecule has 1 aromatic carbocycles. The first kappa shape index (κ1) is 19.5. The van der Waals surface area contributed by atoms with Gasteiger partial charge in [0, 0.05) is 6.54 Å². The number of carbonyl (C=O) groups excluding carboxylic acids is 3. The highest BCUT2D eigenvalue weighted by atomic mass is 35.5. The Morgan fingerprint density at radius 3 is 2.39 bits per heavy atom. The molecule has 1 rings (SSSR count). The quantitative estimate of drug-likeness (QED) is 0.585. The number of halogens is 3. The molecule has 0 aliphatic carbocycles. The lowest BCUT2D eigenvalue weighted by molar-refractivity contribution is -0.130. The molecule has 126 valence electrons. The van der Waals surface area contributed by atoms with E-state index in [-0.39, 0.29) is 26.5 Å². The molecule has 0 unspecified atom stereocenters. The Morgan fingerprint density at radius 1 is 1.17 bits per heavy atom. The molecule has 0 saturated carbocycles. The molecule has 6 nitrogen and oxygen atoms in total. The highest BCUT2D eigenvalue weighted by molar-refractivity contribution is 6.46. The van der Waals surface area contributed by atoms with Crippen LogP contribution in [0.2, 0.25) is 15.1 Å². The molecule has 0 aromatic heterocycles. The van der Waals surface area contributed by atoms with Crippen molar-refractivity contribution in [2.45, 2.75) is 19.9 Å². The standard InChI is InChI=1S/C14H15Cl3N2O4/c1-3-18-13(21)7(2)19-10(20)6-23-14(22)11-8(15)4-5-9(16)12(11)17/h4-5,7H,3,6H2,1-2H3,(H,18,21)(H,19,20)/t7-/m0/s1. The normalized spacial score (nSPS) is 11.5. The first-order valence-electron chi connectivity index (χ1n) is 6.65. The Bertz CT molecular complexity index is 622. The van der Waals surface area contributed by atoms with Crippen molar-refractivity contribution in [1.29, 1.82) is 0 Å². The molecule has 1 aromatic rings. The van der Waals surface area contributed by atoms with Crippen molar-refractivity contribution in [3.63, 3.8) is 0 Å². The number of carbonyl (C=O) groups is 3. The lowest BCUT2D eigenvalue weighted by Crippen LogP contribution is -2.46. The molecular weight excluding hydrogens is 367 g/mol. The van der Waals surface area contributed by atoms with E-state index < -0.39 is 24.5 Å². The van der Waals surface area contributed by atoms with Crippen LogP contribution in [0.15, 0.2) is 12.1 Å². The van der Waals surface area contributed by atoms with Gasteiger partial charge >= 0.3 is 5.97 Å². The SMILES string of the molecule is CCNC(=O)[C@H](C)NC(=O)COC(=O)c1c(Cl)ccc(Cl)c1Cl. The number of ether oxygens (including phenoxy) is 1. The number of hydrogen-bond acceptors (Lipinski definition) is 4. The molecule has 0 radical (unpaired) electrons. The van der Waals surface area contributed by atoms with E-state index in [2.05, 4.69) is 10.6 Å². The fourth-order valence-electron chi connectivity index (χ4n) is 1.59. The molecule has 0 heterocycles. The number of hydrogen-bond donors (Lipinski definition) is 2. The number of rotatable bonds is 6. The van der Waals surface area contributed by atoms with Gasteiger partial charge in [0.2, 0.25) is 5.91 Å². The fraction of sp³-hybridized carbons (Fsp3) is 0.357. The van der Waals surface area contributed by atoms with Crippen LogP contribution in [0, 0.1) is 0 Å². The minimum atomic E-state index is -0.886. The summed E-state index contributed by atoms with van der Waals surface area (Å²) >= 11 is 17.6. The van der Waals surface area contributed by atoms with E-state index in [0.717, 1.165) is 0 Å². The fourth-order valence-corrected chi connectivity index (χ4v) is 2.28. The number of likely N-dealkylation sites (N-methyl/N-ethyl adjacent to an activating group) is 1. The first-order chi connectivity index (χ1) is 10.8. The van der Waals surface area contributed by atoms with Gasteiger partial charge in [0.1, 0.15) is 6.04 Å². The van der Waals surface area contributed by atoms with Crippen molar-refractivity contribution in [3.05, 3.63) is 32.8 Å². The van der Waals surface area contributed by atoms with Crippen molar-refractivity contribution in [2.24, 2.45) is 0 Å². The van der Waals surface area contributed by atoms with Crippen LogP contribution in [0.4, 0.5) is 0 Å². The molecule has 9 heteroatoms. The molecule has 1 atom stereocenters. The largest absolute Gasteiger partial charge is 0.452 e. The van der Waals surface area contributed by atoms with E-state index in [1.165, 1.54) is 19.1 Å². The van der Waals surface area contributed by atoms with E-state index in [0.29, 0.717) is 6.54 Å². The summed E-state index contributed by atoms with van der Waals surface area (Å²) < 4.78 is 4.84. The second-order valence-corrected chi connectivity index (χ2v) is 5.67. The molecule has 2 N–H and O–H groups in total. The van der Waals surface area contributed by atoms with Gasteiger partial charge < -0.3 is 15.4 Å². The van der Waals surface area contributed by atoms with E-state index >= 15 is 0 Å². The minimum absolute atomic E-state index is 0.0553. The molecule has 2 amide bonds. The number of esters is 1. The molecule has 0 aliphatic heterocycles. The highest BCUT2D eigenvalue weighted by Crippen LogP contribution is 2.31. The van der Waals surface area contributed by atoms with E-state index in [1.54, 1.807) is 6.92 Å². The van der Waals surface area contributed by atoms with Crippen molar-refractivity contribution < 1.29 is 19.1 Å². The highest BCUT2D eigenvalue weighted by Gasteiger charge is 2.21. The molecule has 0 spiro atoms. The molecular formula is C14H15Cl3N2O4. The zero-order valence-electron chi connectivity index (χ0n) is 12.4. The topological polar surface area (TPSA) is 84.5 Å². The molecule has 0 bridgehead atoms. The van der Waals surface area contributed by atoms with Crippen LogP contribution in [0.3, 0.4) is 0 Å². The van der Waals surface area contributed by atoms with Gasteiger partial charge in [-0.1, -0.05) is 34.8 Å². The van der Waals surface area contributed by atoms with E-state index in [1.807, 2.05) is 0 Å². The summed E-state index contributed by atoms with van der Waals surface area (Å²) in [5, 5.41) is 5.08. The van der Waals surface area contributed by atoms with Gasteiger partial charge in [-0.15, -0.1) is 0 Å². The van der Waals surface area contributed by atoms with Gasteiger partial charge in [-0.3, -0.25) is 9.59 Å². The summed E-state index contributed by atoms with van der Waals surface area (Å²) in [4.78, 5) is 35.1. The first-order valence-corrected chi connectivity index (χ1v) is 7.79. The van der Waals surface area contributed by atoms with Gasteiger partial charge in [-0.25, -0.2) is 4.79 Å². The predicted octanol–water partition coefficient (Wildman–Crippen LogP) is 2.44. The van der Waals surface area contributed by atoms with Crippen LogP contribution >= 0.6 is 34.8 Å². The van der Waals surface area contributed by atoms with Crippen molar-refractivity contribution in [3.8, 4) is 0 Å². The summed E-state index contributed by atoms with van der Waals surface area (Å²) in [5.74, 6) is -1.86. The molecule has 0 fully saturated rings. The average molecular weight is 382 g/mol. The Balaban J connectivity index is 2.62. The number of benzene rings is 1. The Labute approximate surface area is 148 Å². The average Bonchev–Trinajstić information content (AvgIpc) is 2.49. The Morgan fingerprint density at radius 2 is 1.78 bits per heavy atom. The second kappa shape index (κ2) is 8.96. The number of nitrogens with one attached hydrogen (secondary N) is 2. The zero-order chi connectivity index (χ0) is 17.6. The summed E-state index contributed by atoms with van der Waals surface area (Å²) in [5.41, 5.74) is -0.120. The van der Waals surface area contributed by atoms with E-state index in [4.69, 9.17) is 39.5 Å². The second-order valence-electron chi connectivity index (χ2n) is 4.48. The minimum Gasteiger partial charge on any atom is -0.452 e. The van der Waals surface area contributed by atoms with Crippen LogP contribution in [-0.4, -0.2) is 37.0 Å². The maximum atomic E-state index is 12.0. The van der Waals surface area contributed by atoms with Crippen LogP contribution in [0.5, 0.6) is 0 Å². The lowest BCUT2D eigenvalue weighted by Gasteiger charge is -2.13. The van der Waals surface area contributed by atoms with Gasteiger partial charge in [0.15, 0.2) is 6.61 Å². The monoisotopic (exact) mass is 380 g/mol. The van der Waals surface area contributed by atoms with Crippen molar-refractivity contribution in [1.82, 2.24) is 10.6 Å². The van der Waals surface area contributed by atoms with Crippen molar-refractivity contribution >= 4 is 52.6 Å². The van der Waals surface area contributed by atoms with Crippen LogP contribution in [0.1, 0.15) is 24.2 Å². The summed E-state index contributed by atoms with van der Waals surface area (Å²) in [6, 6.07) is 2.08. The third-order valence-electron chi connectivity index (χ3n) is 2.70. The maximum Gasteiger partial charge on any atom is 0.341 e. The van der Waals surface area contributed by atoms with Gasteiger partial charge in [-0.2, -0.15) is 0 Å². The molecule has 0 saturated heterocycles. The van der Waals surface area contributed by atoms with Crippen LogP contribution < -0.4 is 10.6 Å². The zero-order valence-corrected chi connectivity index (χ0v) is 14.7. The van der Waals surface area contributed by atoms with Crippen LogP contribution in [-0.2, 0) is 14.3 Å². The molecule has 23 heavy (non-hydrogen) atoms. The van der Waals surface area contributed by atoms with Gasteiger partial charge in [-0.05, 0) is 26.0 Å². The predicted molar refractivity (Wildman–Crippen MR) is 88.0 cm³/mol. The van der Waals surface area contributed by atoms with Gasteiger partial charge in [0.05, 0.1) is 20.6 Å². The Kier molecular flexibility index (Phi) is 7.61. The summed E-state index contributed by atoms with van der Waals surface area (Å²) in [6.45, 7) is 3.13. The third-order valence-corrected chi connectivity index (χ3v) is 3.82. The summed E-state index contributed by atoms with van der Waals surface area (Å²) in [7, 11) is 0. The van der Waals surface area contributed by atoms with Crippen LogP contribution in [0.25, 0.3) is 0 Å². The number of amides is 2. The van der Waals surface area contributed by atoms with E-state index in [9.17, 15) is 14.4 Å². The third kappa shape index (κ3) is 5.57. The smallest absolute Gasteiger partial charge is 0.341 e. The maximum absolute atomic E-state index is 12.0. The molecule has 0 aliphatic rings. The Hall–Kier alpha value is -1.50. The lowest BCUT2D eigenvalue weighted by atomic mass is 10.2. The van der Waals surface area contributed by atoms with Gasteiger partial charge in [0.25, 0.3) is 5.91 Å².